The Bertz CT molecular complexity index is 259. The number of hydrogen-bond acceptors (Lipinski definition) is 3. The van der Waals surface area contributed by atoms with Crippen LogP contribution in [0.5, 0.6) is 0 Å². The molecule has 0 spiro atoms. The zero-order valence-corrected chi connectivity index (χ0v) is 13.1. The highest BCUT2D eigenvalue weighted by Gasteiger charge is 2.26. The Morgan fingerprint density at radius 2 is 2.06 bits per heavy atom. The first-order chi connectivity index (χ1) is 8.42. The molecule has 0 aromatic heterocycles. The summed E-state index contributed by atoms with van der Waals surface area (Å²) in [7, 11) is 0. The van der Waals surface area contributed by atoms with Gasteiger partial charge in [0.25, 0.3) is 0 Å². The molecule has 0 aromatic carbocycles. The topological polar surface area (TPSA) is 47.6 Å². The lowest BCUT2D eigenvalue weighted by Crippen LogP contribution is -2.44. The predicted octanol–water partition coefficient (Wildman–Crippen LogP) is 3.09. The molecule has 4 nitrogen and oxygen atoms in total. The lowest BCUT2D eigenvalue weighted by atomic mass is 9.90. The van der Waals surface area contributed by atoms with Crippen LogP contribution in [0.25, 0.3) is 0 Å². The van der Waals surface area contributed by atoms with Crippen molar-refractivity contribution >= 4 is 22.0 Å². The van der Waals surface area contributed by atoms with Gasteiger partial charge in [-0.25, -0.2) is 4.79 Å². The molecular weight excluding hydrogens is 298 g/mol. The molecule has 1 unspecified atom stereocenters. The number of alkyl halides is 1. The van der Waals surface area contributed by atoms with Gasteiger partial charge in [-0.15, -0.1) is 0 Å². The summed E-state index contributed by atoms with van der Waals surface area (Å²) in [6.45, 7) is 7.21. The normalized spacial score (nSPS) is 19.3. The number of alkyl carbamates (subject to hydrolysis) is 1. The molecule has 1 aliphatic rings. The van der Waals surface area contributed by atoms with Crippen LogP contribution < -0.4 is 5.32 Å². The highest BCUT2D eigenvalue weighted by Crippen LogP contribution is 2.22. The minimum absolute atomic E-state index is 0.170. The van der Waals surface area contributed by atoms with Gasteiger partial charge in [0, 0.05) is 24.6 Å². The molecule has 1 amide bonds. The molecule has 18 heavy (non-hydrogen) atoms. The number of halogens is 1. The molecule has 1 saturated heterocycles. The molecule has 0 bridgehead atoms. The largest absolute Gasteiger partial charge is 0.444 e. The van der Waals surface area contributed by atoms with E-state index in [0.717, 1.165) is 37.8 Å². The minimum Gasteiger partial charge on any atom is -0.444 e. The van der Waals surface area contributed by atoms with E-state index in [1.165, 1.54) is 0 Å². The van der Waals surface area contributed by atoms with Gasteiger partial charge < -0.3 is 14.8 Å². The van der Waals surface area contributed by atoms with Gasteiger partial charge in [-0.3, -0.25) is 0 Å². The molecule has 1 heterocycles. The van der Waals surface area contributed by atoms with E-state index >= 15 is 0 Å². The molecule has 0 radical (unpaired) electrons. The van der Waals surface area contributed by atoms with Crippen LogP contribution in [0.4, 0.5) is 4.79 Å². The maximum atomic E-state index is 11.8. The average molecular weight is 322 g/mol. The van der Waals surface area contributed by atoms with Gasteiger partial charge in [-0.1, -0.05) is 15.9 Å². The Labute approximate surface area is 118 Å². The molecular formula is C13H24BrNO3. The quantitative estimate of drug-likeness (QED) is 0.809. The van der Waals surface area contributed by atoms with Crippen LogP contribution in [0.15, 0.2) is 0 Å². The zero-order valence-electron chi connectivity index (χ0n) is 11.5. The van der Waals surface area contributed by atoms with Crippen molar-refractivity contribution in [3.63, 3.8) is 0 Å². The fourth-order valence-electron chi connectivity index (χ4n) is 2.12. The van der Waals surface area contributed by atoms with Gasteiger partial charge >= 0.3 is 6.09 Å². The molecule has 5 heteroatoms. The van der Waals surface area contributed by atoms with Crippen molar-refractivity contribution in [2.24, 2.45) is 5.92 Å². The number of rotatable bonds is 4. The number of nitrogens with one attached hydrogen (secondary N) is 1. The van der Waals surface area contributed by atoms with E-state index in [0.29, 0.717) is 5.92 Å². The Kier molecular flexibility index (Phi) is 6.43. The third-order valence-corrected chi connectivity index (χ3v) is 3.42. The Morgan fingerprint density at radius 1 is 1.44 bits per heavy atom. The van der Waals surface area contributed by atoms with E-state index in [1.54, 1.807) is 0 Å². The second kappa shape index (κ2) is 7.34. The molecule has 1 fully saturated rings. The number of amides is 1. The fourth-order valence-corrected chi connectivity index (χ4v) is 2.61. The van der Waals surface area contributed by atoms with Gasteiger partial charge in [0.05, 0.1) is 0 Å². The van der Waals surface area contributed by atoms with E-state index in [4.69, 9.17) is 9.47 Å². The summed E-state index contributed by atoms with van der Waals surface area (Å²) in [5.41, 5.74) is -0.446. The first-order valence-corrected chi connectivity index (χ1v) is 7.68. The molecule has 1 aliphatic heterocycles. The number of hydrogen-bond donors (Lipinski definition) is 1. The Balaban J connectivity index is 2.48. The van der Waals surface area contributed by atoms with Crippen LogP contribution in [-0.4, -0.2) is 36.3 Å². The second-order valence-corrected chi connectivity index (χ2v) is 6.47. The monoisotopic (exact) mass is 321 g/mol. The van der Waals surface area contributed by atoms with Crippen LogP contribution in [0.3, 0.4) is 0 Å². The summed E-state index contributed by atoms with van der Waals surface area (Å²) in [5.74, 6) is 0.490. The summed E-state index contributed by atoms with van der Waals surface area (Å²) < 4.78 is 10.7. The third kappa shape index (κ3) is 6.05. The molecule has 1 N–H and O–H groups in total. The highest BCUT2D eigenvalue weighted by atomic mass is 79.9. The van der Waals surface area contributed by atoms with E-state index in [1.807, 2.05) is 20.8 Å². The van der Waals surface area contributed by atoms with Gasteiger partial charge in [0.1, 0.15) is 5.60 Å². The van der Waals surface area contributed by atoms with Crippen molar-refractivity contribution < 1.29 is 14.3 Å². The third-order valence-electron chi connectivity index (χ3n) is 2.96. The smallest absolute Gasteiger partial charge is 0.407 e. The van der Waals surface area contributed by atoms with E-state index in [2.05, 4.69) is 21.2 Å². The lowest BCUT2D eigenvalue weighted by Gasteiger charge is -2.31. The van der Waals surface area contributed by atoms with Crippen LogP contribution >= 0.6 is 15.9 Å². The van der Waals surface area contributed by atoms with E-state index in [9.17, 15) is 4.79 Å². The SMILES string of the molecule is CC(C)(C)OC(=O)NC(CCBr)C1CCOCC1. The van der Waals surface area contributed by atoms with Crippen molar-refractivity contribution in [3.8, 4) is 0 Å². The molecule has 0 aliphatic carbocycles. The Hall–Kier alpha value is -0.290. The summed E-state index contributed by atoms with van der Waals surface area (Å²) in [6.07, 6.45) is 2.62. The fraction of sp³-hybridized carbons (Fsp3) is 0.923. The molecule has 106 valence electrons. The predicted molar refractivity (Wildman–Crippen MR) is 75.1 cm³/mol. The van der Waals surface area contributed by atoms with Crippen molar-refractivity contribution in [1.29, 1.82) is 0 Å². The Morgan fingerprint density at radius 3 is 2.56 bits per heavy atom. The summed E-state index contributed by atoms with van der Waals surface area (Å²) in [4.78, 5) is 11.8. The van der Waals surface area contributed by atoms with Crippen LogP contribution in [0.1, 0.15) is 40.0 Å². The lowest BCUT2D eigenvalue weighted by molar-refractivity contribution is 0.0348. The summed E-state index contributed by atoms with van der Waals surface area (Å²) >= 11 is 3.44. The van der Waals surface area contributed by atoms with Crippen LogP contribution in [-0.2, 0) is 9.47 Å². The maximum Gasteiger partial charge on any atom is 0.407 e. The molecule has 0 saturated carbocycles. The number of carbonyl (C=O) groups excluding carboxylic acids is 1. The highest BCUT2D eigenvalue weighted by molar-refractivity contribution is 9.09. The molecule has 1 atom stereocenters. The van der Waals surface area contributed by atoms with Gasteiger partial charge in [0.2, 0.25) is 0 Å². The number of ether oxygens (including phenoxy) is 2. The van der Waals surface area contributed by atoms with Gasteiger partial charge in [-0.2, -0.15) is 0 Å². The first kappa shape index (κ1) is 15.8. The second-order valence-electron chi connectivity index (χ2n) is 5.68. The first-order valence-electron chi connectivity index (χ1n) is 6.55. The number of carbonyl (C=O) groups is 1. The van der Waals surface area contributed by atoms with E-state index in [-0.39, 0.29) is 12.1 Å². The van der Waals surface area contributed by atoms with Crippen molar-refractivity contribution in [3.05, 3.63) is 0 Å². The van der Waals surface area contributed by atoms with E-state index < -0.39 is 5.60 Å². The summed E-state index contributed by atoms with van der Waals surface area (Å²) in [6, 6.07) is 0.170. The standard InChI is InChI=1S/C13H24BrNO3/c1-13(2,3)18-12(16)15-11(4-7-14)10-5-8-17-9-6-10/h10-11H,4-9H2,1-3H3,(H,15,16). The van der Waals surface area contributed by atoms with Crippen LogP contribution in [0.2, 0.25) is 0 Å². The van der Waals surface area contributed by atoms with Crippen molar-refractivity contribution in [2.45, 2.75) is 51.7 Å². The zero-order chi connectivity index (χ0) is 13.6. The minimum atomic E-state index is -0.446. The average Bonchev–Trinajstić information content (AvgIpc) is 2.27. The van der Waals surface area contributed by atoms with Gasteiger partial charge in [-0.05, 0) is 46.0 Å². The molecule has 0 aromatic rings. The van der Waals surface area contributed by atoms with Crippen molar-refractivity contribution in [2.75, 3.05) is 18.5 Å². The van der Waals surface area contributed by atoms with Crippen LogP contribution in [0, 0.1) is 5.92 Å². The van der Waals surface area contributed by atoms with Gasteiger partial charge in [0.15, 0.2) is 0 Å². The summed E-state index contributed by atoms with van der Waals surface area (Å²) in [5, 5.41) is 3.88. The maximum absolute atomic E-state index is 11.8. The molecule has 1 rings (SSSR count). The van der Waals surface area contributed by atoms with Crippen molar-refractivity contribution in [1.82, 2.24) is 5.32 Å².